The van der Waals surface area contributed by atoms with Gasteiger partial charge in [0.25, 0.3) is 0 Å². The predicted octanol–water partition coefficient (Wildman–Crippen LogP) is 5.61. The molecule has 0 saturated heterocycles. The zero-order valence-corrected chi connectivity index (χ0v) is 14.4. The van der Waals surface area contributed by atoms with Crippen LogP contribution < -0.4 is 0 Å². The summed E-state index contributed by atoms with van der Waals surface area (Å²) >= 11 is 12.8. The van der Waals surface area contributed by atoms with Gasteiger partial charge in [-0.1, -0.05) is 53.5 Å². The normalized spacial score (nSPS) is 11.1. The second-order valence-electron chi connectivity index (χ2n) is 5.60. The fourth-order valence-corrected chi connectivity index (χ4v) is 3.34. The lowest BCUT2D eigenvalue weighted by molar-refractivity contribution is 0.913. The van der Waals surface area contributed by atoms with Gasteiger partial charge in [-0.3, -0.25) is 0 Å². The Hall–Kier alpha value is -2.36. The summed E-state index contributed by atoms with van der Waals surface area (Å²) in [4.78, 5) is 9.01. The highest BCUT2D eigenvalue weighted by Crippen LogP contribution is 2.41. The van der Waals surface area contributed by atoms with Crippen LogP contribution in [0.4, 0.5) is 0 Å². The Morgan fingerprint density at radius 3 is 2.46 bits per heavy atom. The van der Waals surface area contributed by atoms with Gasteiger partial charge in [-0.15, -0.1) is 0 Å². The smallest absolute Gasteiger partial charge is 0.139 e. The van der Waals surface area contributed by atoms with E-state index in [1.807, 2.05) is 54.2 Å². The van der Waals surface area contributed by atoms with Crippen molar-refractivity contribution in [3.8, 4) is 22.4 Å². The number of pyridine rings is 1. The van der Waals surface area contributed by atoms with E-state index in [0.717, 1.165) is 33.3 Å². The molecule has 0 N–H and O–H groups in total. The van der Waals surface area contributed by atoms with Gasteiger partial charge in [-0.2, -0.15) is 0 Å². The Kier molecular flexibility index (Phi) is 3.75. The highest BCUT2D eigenvalue weighted by molar-refractivity contribution is 6.34. The maximum atomic E-state index is 6.55. The molecule has 5 heteroatoms. The minimum Gasteiger partial charge on any atom is -0.340 e. The van der Waals surface area contributed by atoms with Crippen LogP contribution in [0.1, 0.15) is 0 Å². The van der Waals surface area contributed by atoms with E-state index in [1.54, 1.807) is 6.33 Å². The van der Waals surface area contributed by atoms with Gasteiger partial charge in [-0.05, 0) is 23.8 Å². The van der Waals surface area contributed by atoms with Gasteiger partial charge in [0.05, 0.1) is 17.5 Å². The minimum atomic E-state index is 0.433. The number of aromatic nitrogens is 3. The fraction of sp³-hybridized carbons (Fsp3) is 0.0526. The van der Waals surface area contributed by atoms with Crippen molar-refractivity contribution in [1.82, 2.24) is 14.5 Å². The standard InChI is InChI=1S/C19H13Cl2N3/c1-24-10-16(22-11-24)18-17(12-5-3-2-4-6-12)14-9-13(20)7-8-15(14)23-19(18)21/h2-11H,1H3. The molecule has 0 radical (unpaired) electrons. The number of halogens is 2. The van der Waals surface area contributed by atoms with E-state index in [-0.39, 0.29) is 0 Å². The molecule has 2 aromatic carbocycles. The second kappa shape index (κ2) is 5.93. The maximum absolute atomic E-state index is 6.55. The molecule has 0 unspecified atom stereocenters. The first kappa shape index (κ1) is 15.2. The molecule has 0 bridgehead atoms. The molecule has 0 amide bonds. The van der Waals surface area contributed by atoms with E-state index in [4.69, 9.17) is 23.2 Å². The zero-order chi connectivity index (χ0) is 16.7. The van der Waals surface area contributed by atoms with E-state index in [1.165, 1.54) is 0 Å². The summed E-state index contributed by atoms with van der Waals surface area (Å²) < 4.78 is 1.89. The van der Waals surface area contributed by atoms with Gasteiger partial charge in [0.1, 0.15) is 5.15 Å². The van der Waals surface area contributed by atoms with Crippen LogP contribution in [0.15, 0.2) is 61.1 Å². The van der Waals surface area contributed by atoms with Crippen molar-refractivity contribution < 1.29 is 0 Å². The number of nitrogens with zero attached hydrogens (tertiary/aromatic N) is 3. The number of benzene rings is 2. The van der Waals surface area contributed by atoms with Gasteiger partial charge in [-0.25, -0.2) is 9.97 Å². The van der Waals surface area contributed by atoms with Gasteiger partial charge in [0.2, 0.25) is 0 Å². The monoisotopic (exact) mass is 353 g/mol. The number of rotatable bonds is 2. The molecule has 4 rings (SSSR count). The highest BCUT2D eigenvalue weighted by atomic mass is 35.5. The summed E-state index contributed by atoms with van der Waals surface area (Å²) in [6, 6.07) is 15.7. The van der Waals surface area contributed by atoms with Crippen LogP contribution in [0.25, 0.3) is 33.3 Å². The van der Waals surface area contributed by atoms with Gasteiger partial charge < -0.3 is 4.57 Å². The third-order valence-corrected chi connectivity index (χ3v) is 4.43. The van der Waals surface area contributed by atoms with Crippen molar-refractivity contribution in [3.05, 3.63) is 71.2 Å². The predicted molar refractivity (Wildman–Crippen MR) is 99.4 cm³/mol. The highest BCUT2D eigenvalue weighted by Gasteiger charge is 2.19. The summed E-state index contributed by atoms with van der Waals surface area (Å²) in [6.07, 6.45) is 3.69. The van der Waals surface area contributed by atoms with Crippen LogP contribution >= 0.6 is 23.2 Å². The molecule has 2 aromatic heterocycles. The summed E-state index contributed by atoms with van der Waals surface area (Å²) in [5, 5.41) is 2.05. The van der Waals surface area contributed by atoms with E-state index in [0.29, 0.717) is 10.2 Å². The molecule has 24 heavy (non-hydrogen) atoms. The largest absolute Gasteiger partial charge is 0.340 e. The zero-order valence-electron chi connectivity index (χ0n) is 12.9. The number of fused-ring (bicyclic) bond motifs is 1. The summed E-state index contributed by atoms with van der Waals surface area (Å²) in [6.45, 7) is 0. The molecular formula is C19H13Cl2N3. The molecule has 0 aliphatic carbocycles. The first-order chi connectivity index (χ1) is 11.6. The molecule has 0 aliphatic heterocycles. The third-order valence-electron chi connectivity index (χ3n) is 3.93. The summed E-state index contributed by atoms with van der Waals surface area (Å²) in [5.41, 5.74) is 4.46. The van der Waals surface area contributed by atoms with Crippen LogP contribution in [0, 0.1) is 0 Å². The van der Waals surface area contributed by atoms with Crippen molar-refractivity contribution >= 4 is 34.1 Å². The first-order valence-corrected chi connectivity index (χ1v) is 8.21. The molecule has 0 atom stereocenters. The molecule has 0 saturated carbocycles. The van der Waals surface area contributed by atoms with Crippen molar-refractivity contribution in [1.29, 1.82) is 0 Å². The molecule has 118 valence electrons. The SMILES string of the molecule is Cn1cnc(-c2c(Cl)nc3ccc(Cl)cc3c2-c2ccccc2)c1. The third kappa shape index (κ3) is 2.56. The van der Waals surface area contributed by atoms with E-state index < -0.39 is 0 Å². The minimum absolute atomic E-state index is 0.433. The number of hydrogen-bond acceptors (Lipinski definition) is 2. The first-order valence-electron chi connectivity index (χ1n) is 7.46. The topological polar surface area (TPSA) is 30.7 Å². The fourth-order valence-electron chi connectivity index (χ4n) is 2.89. The Morgan fingerprint density at radius 2 is 1.75 bits per heavy atom. The van der Waals surface area contributed by atoms with Crippen LogP contribution in [-0.2, 0) is 7.05 Å². The average molecular weight is 354 g/mol. The molecule has 0 aliphatic rings. The summed E-state index contributed by atoms with van der Waals surface area (Å²) in [7, 11) is 1.93. The molecule has 2 heterocycles. The summed E-state index contributed by atoms with van der Waals surface area (Å²) in [5.74, 6) is 0. The number of hydrogen-bond donors (Lipinski definition) is 0. The van der Waals surface area contributed by atoms with E-state index in [9.17, 15) is 0 Å². The lowest BCUT2D eigenvalue weighted by Gasteiger charge is -2.14. The van der Waals surface area contributed by atoms with Crippen LogP contribution in [0.5, 0.6) is 0 Å². The number of imidazole rings is 1. The molecule has 0 fully saturated rings. The molecule has 3 nitrogen and oxygen atoms in total. The quantitative estimate of drug-likeness (QED) is 0.438. The maximum Gasteiger partial charge on any atom is 0.139 e. The Bertz CT molecular complexity index is 1040. The van der Waals surface area contributed by atoms with Crippen LogP contribution in [0.2, 0.25) is 10.2 Å². The van der Waals surface area contributed by atoms with E-state index in [2.05, 4.69) is 22.1 Å². The Balaban J connectivity index is 2.16. The van der Waals surface area contributed by atoms with Crippen molar-refractivity contribution in [2.45, 2.75) is 0 Å². The molecule has 0 spiro atoms. The van der Waals surface area contributed by atoms with Crippen LogP contribution in [0.3, 0.4) is 0 Å². The van der Waals surface area contributed by atoms with Gasteiger partial charge in [0, 0.05) is 34.8 Å². The van der Waals surface area contributed by atoms with Crippen molar-refractivity contribution in [3.63, 3.8) is 0 Å². The van der Waals surface area contributed by atoms with Crippen molar-refractivity contribution in [2.24, 2.45) is 7.05 Å². The van der Waals surface area contributed by atoms with Gasteiger partial charge in [0.15, 0.2) is 0 Å². The van der Waals surface area contributed by atoms with Gasteiger partial charge >= 0.3 is 0 Å². The lowest BCUT2D eigenvalue weighted by Crippen LogP contribution is -1.93. The van der Waals surface area contributed by atoms with Crippen molar-refractivity contribution in [2.75, 3.05) is 0 Å². The van der Waals surface area contributed by atoms with Crippen LogP contribution in [-0.4, -0.2) is 14.5 Å². The Morgan fingerprint density at radius 1 is 0.958 bits per heavy atom. The number of aryl methyl sites for hydroxylation is 1. The Labute approximate surface area is 149 Å². The van der Waals surface area contributed by atoms with E-state index >= 15 is 0 Å². The lowest BCUT2D eigenvalue weighted by atomic mass is 9.95. The second-order valence-corrected chi connectivity index (χ2v) is 6.40. The molecule has 4 aromatic rings. The average Bonchev–Trinajstić information content (AvgIpc) is 3.01. The molecular weight excluding hydrogens is 341 g/mol.